The van der Waals surface area contributed by atoms with Gasteiger partial charge >= 0.3 is 0 Å². The van der Waals surface area contributed by atoms with Gasteiger partial charge in [-0.2, -0.15) is 11.8 Å². The predicted molar refractivity (Wildman–Crippen MR) is 122 cm³/mol. The first-order valence-corrected chi connectivity index (χ1v) is 11.5. The Labute approximate surface area is 174 Å². The summed E-state index contributed by atoms with van der Waals surface area (Å²) in [5, 5.41) is 10.7. The van der Waals surface area contributed by atoms with E-state index >= 15 is 0 Å². The van der Waals surface area contributed by atoms with E-state index in [2.05, 4.69) is 48.2 Å². The number of allylic oxidation sites excluding steroid dienone is 1. The van der Waals surface area contributed by atoms with E-state index < -0.39 is 0 Å². The molecule has 1 saturated carbocycles. The minimum absolute atomic E-state index is 0.393. The van der Waals surface area contributed by atoms with E-state index in [1.54, 1.807) is 0 Å². The van der Waals surface area contributed by atoms with E-state index in [1.165, 1.54) is 37.7 Å². The van der Waals surface area contributed by atoms with Crippen LogP contribution in [0.4, 0.5) is 0 Å². The summed E-state index contributed by atoms with van der Waals surface area (Å²) in [5.41, 5.74) is 4.24. The van der Waals surface area contributed by atoms with E-state index in [-0.39, 0.29) is 0 Å². The van der Waals surface area contributed by atoms with E-state index in [1.807, 2.05) is 26.0 Å². The molecule has 28 heavy (non-hydrogen) atoms. The molecule has 2 aromatic carbocycles. The van der Waals surface area contributed by atoms with Crippen molar-refractivity contribution in [3.63, 3.8) is 0 Å². The Morgan fingerprint density at radius 2 is 1.71 bits per heavy atom. The molecule has 0 atom stereocenters. The first kappa shape index (κ1) is 20.9. The number of phenolic OH excluding ortho intramolecular Hbond substituents is 1. The number of rotatable bonds is 8. The molecule has 1 aliphatic carbocycles. The Bertz CT molecular complexity index is 751. The van der Waals surface area contributed by atoms with Crippen molar-refractivity contribution in [1.29, 1.82) is 0 Å². The van der Waals surface area contributed by atoms with Crippen LogP contribution in [0.5, 0.6) is 11.5 Å². The van der Waals surface area contributed by atoms with Gasteiger partial charge in [0.25, 0.3) is 0 Å². The summed E-state index contributed by atoms with van der Waals surface area (Å²) in [6.45, 7) is 4.66. The Kier molecular flexibility index (Phi) is 7.90. The van der Waals surface area contributed by atoms with Crippen molar-refractivity contribution in [2.24, 2.45) is 0 Å². The van der Waals surface area contributed by atoms with Gasteiger partial charge in [0.05, 0.1) is 6.61 Å². The molecule has 150 valence electrons. The van der Waals surface area contributed by atoms with E-state index in [4.69, 9.17) is 4.74 Å². The smallest absolute Gasteiger partial charge is 0.121 e. The largest absolute Gasteiger partial charge is 0.507 e. The molecular formula is C25H32O2S. The zero-order valence-corrected chi connectivity index (χ0v) is 17.9. The second-order valence-corrected chi connectivity index (χ2v) is 9.14. The summed E-state index contributed by atoms with van der Waals surface area (Å²) in [5.74, 6) is 2.44. The van der Waals surface area contributed by atoms with E-state index in [9.17, 15) is 5.11 Å². The molecule has 0 saturated heterocycles. The lowest BCUT2D eigenvalue weighted by Gasteiger charge is -2.20. The van der Waals surface area contributed by atoms with Crippen LogP contribution < -0.4 is 4.74 Å². The monoisotopic (exact) mass is 396 g/mol. The van der Waals surface area contributed by atoms with Gasteiger partial charge in [0.15, 0.2) is 0 Å². The molecule has 1 fully saturated rings. The minimum Gasteiger partial charge on any atom is -0.507 e. The first-order valence-electron chi connectivity index (χ1n) is 10.4. The molecule has 0 unspecified atom stereocenters. The summed E-state index contributed by atoms with van der Waals surface area (Å²) in [6, 6.07) is 12.5. The van der Waals surface area contributed by atoms with Gasteiger partial charge in [-0.25, -0.2) is 0 Å². The van der Waals surface area contributed by atoms with Gasteiger partial charge in [0, 0.05) is 11.0 Å². The molecule has 1 aliphatic rings. The highest BCUT2D eigenvalue weighted by Crippen LogP contribution is 2.28. The summed E-state index contributed by atoms with van der Waals surface area (Å²) in [7, 11) is 0. The lowest BCUT2D eigenvalue weighted by Crippen LogP contribution is -2.11. The molecule has 0 bridgehead atoms. The Morgan fingerprint density at radius 1 is 1.04 bits per heavy atom. The van der Waals surface area contributed by atoms with Crippen LogP contribution in [0.1, 0.15) is 54.4 Å². The molecule has 3 heteroatoms. The standard InChI is InChI=1S/C25H32O2S/c1-19-17-22(18-20(2)25(19)26)8-6-7-21-11-13-23(14-12-21)27-15-16-28-24-9-4-3-5-10-24/h6,8,11-14,17-18,24,26H,3-5,7,9-10,15-16H2,1-2H3. The minimum atomic E-state index is 0.393. The second kappa shape index (κ2) is 10.6. The zero-order valence-electron chi connectivity index (χ0n) is 17.1. The van der Waals surface area contributed by atoms with Crippen molar-refractivity contribution in [3.05, 3.63) is 64.7 Å². The van der Waals surface area contributed by atoms with Crippen LogP contribution in [-0.2, 0) is 6.42 Å². The van der Waals surface area contributed by atoms with Crippen molar-refractivity contribution in [2.45, 2.75) is 57.6 Å². The number of phenols is 1. The molecular weight excluding hydrogens is 364 g/mol. The lowest BCUT2D eigenvalue weighted by atomic mass is 10.0. The number of aromatic hydroxyl groups is 1. The van der Waals surface area contributed by atoms with Gasteiger partial charge in [0.2, 0.25) is 0 Å². The number of aryl methyl sites for hydroxylation is 2. The molecule has 2 aromatic rings. The fraction of sp³-hybridized carbons (Fsp3) is 0.440. The predicted octanol–water partition coefficient (Wildman–Crippen LogP) is 6.71. The van der Waals surface area contributed by atoms with Crippen molar-refractivity contribution in [3.8, 4) is 11.5 Å². The highest BCUT2D eigenvalue weighted by Gasteiger charge is 2.13. The third-order valence-electron chi connectivity index (χ3n) is 5.36. The highest BCUT2D eigenvalue weighted by molar-refractivity contribution is 7.99. The van der Waals surface area contributed by atoms with Gasteiger partial charge < -0.3 is 9.84 Å². The Hall–Kier alpha value is -1.87. The van der Waals surface area contributed by atoms with Crippen LogP contribution in [0.3, 0.4) is 0 Å². The zero-order chi connectivity index (χ0) is 19.8. The van der Waals surface area contributed by atoms with Crippen LogP contribution in [0, 0.1) is 13.8 Å². The van der Waals surface area contributed by atoms with Gasteiger partial charge in [-0.3, -0.25) is 0 Å². The Morgan fingerprint density at radius 3 is 2.39 bits per heavy atom. The SMILES string of the molecule is Cc1cc(C=CCc2ccc(OCCSC3CCCCC3)cc2)cc(C)c1O. The van der Waals surface area contributed by atoms with Crippen LogP contribution in [0.15, 0.2) is 42.5 Å². The number of hydrogen-bond donors (Lipinski definition) is 1. The van der Waals surface area contributed by atoms with Gasteiger partial charge in [0.1, 0.15) is 11.5 Å². The summed E-state index contributed by atoms with van der Waals surface area (Å²) >= 11 is 2.08. The van der Waals surface area contributed by atoms with Gasteiger partial charge in [-0.15, -0.1) is 0 Å². The lowest BCUT2D eigenvalue weighted by molar-refractivity contribution is 0.343. The average Bonchev–Trinajstić information content (AvgIpc) is 2.71. The van der Waals surface area contributed by atoms with Crippen molar-refractivity contribution in [2.75, 3.05) is 12.4 Å². The molecule has 0 aromatic heterocycles. The molecule has 0 radical (unpaired) electrons. The molecule has 0 heterocycles. The summed E-state index contributed by atoms with van der Waals surface area (Å²) < 4.78 is 5.90. The second-order valence-electron chi connectivity index (χ2n) is 7.73. The molecule has 3 rings (SSSR count). The fourth-order valence-electron chi connectivity index (χ4n) is 3.74. The average molecular weight is 397 g/mol. The van der Waals surface area contributed by atoms with Crippen molar-refractivity contribution in [1.82, 2.24) is 0 Å². The van der Waals surface area contributed by atoms with E-state index in [0.29, 0.717) is 5.75 Å². The Balaban J connectivity index is 1.41. The van der Waals surface area contributed by atoms with Crippen molar-refractivity contribution < 1.29 is 9.84 Å². The number of thioether (sulfide) groups is 1. The molecule has 2 nitrogen and oxygen atoms in total. The maximum atomic E-state index is 9.87. The van der Waals surface area contributed by atoms with Crippen molar-refractivity contribution >= 4 is 17.8 Å². The summed E-state index contributed by atoms with van der Waals surface area (Å²) in [4.78, 5) is 0. The normalized spacial score (nSPS) is 15.2. The topological polar surface area (TPSA) is 29.5 Å². The summed E-state index contributed by atoms with van der Waals surface area (Å²) in [6.07, 6.45) is 12.2. The van der Waals surface area contributed by atoms with E-state index in [0.717, 1.165) is 46.5 Å². The maximum Gasteiger partial charge on any atom is 0.121 e. The third-order valence-corrected chi connectivity index (χ3v) is 6.70. The maximum absolute atomic E-state index is 9.87. The third kappa shape index (κ3) is 6.34. The van der Waals surface area contributed by atoms with Gasteiger partial charge in [-0.1, -0.05) is 43.5 Å². The molecule has 0 aliphatic heterocycles. The highest BCUT2D eigenvalue weighted by atomic mass is 32.2. The van der Waals surface area contributed by atoms with Crippen LogP contribution in [0.2, 0.25) is 0 Å². The fourth-order valence-corrected chi connectivity index (χ4v) is 4.92. The number of benzene rings is 2. The van der Waals surface area contributed by atoms with Crippen LogP contribution >= 0.6 is 11.8 Å². The first-order chi connectivity index (χ1) is 13.6. The molecule has 1 N–H and O–H groups in total. The quantitative estimate of drug-likeness (QED) is 0.503. The van der Waals surface area contributed by atoms with Crippen LogP contribution in [-0.4, -0.2) is 22.7 Å². The van der Waals surface area contributed by atoms with Gasteiger partial charge in [-0.05, 0) is 79.6 Å². The molecule has 0 amide bonds. The number of hydrogen-bond acceptors (Lipinski definition) is 3. The number of ether oxygens (including phenoxy) is 1. The van der Waals surface area contributed by atoms with Crippen LogP contribution in [0.25, 0.3) is 6.08 Å². The molecule has 0 spiro atoms.